The lowest BCUT2D eigenvalue weighted by Crippen LogP contribution is -2.13. The molecule has 72 valence electrons. The molecule has 0 bridgehead atoms. The number of para-hydroxylation sites is 1. The Morgan fingerprint density at radius 2 is 2.14 bits per heavy atom. The van der Waals surface area contributed by atoms with Gasteiger partial charge in [0.25, 0.3) is 0 Å². The topological polar surface area (TPSA) is 48.0 Å². The number of amides is 1. The first-order chi connectivity index (χ1) is 6.68. The van der Waals surface area contributed by atoms with E-state index in [1.807, 2.05) is 34.8 Å². The number of nitrogens with zero attached hydrogens (tertiary/aromatic N) is 1. The third-order valence-corrected chi connectivity index (χ3v) is 2.62. The van der Waals surface area contributed by atoms with Crippen LogP contribution < -0.4 is 5.73 Å². The minimum Gasteiger partial charge on any atom is -0.369 e. The van der Waals surface area contributed by atoms with Gasteiger partial charge in [0.2, 0.25) is 5.91 Å². The largest absolute Gasteiger partial charge is 0.369 e. The highest BCUT2D eigenvalue weighted by Crippen LogP contribution is 2.23. The van der Waals surface area contributed by atoms with E-state index >= 15 is 0 Å². The van der Waals surface area contributed by atoms with Crippen LogP contribution in [-0.2, 0) is 11.2 Å². The molecule has 2 aromatic rings. The third-order valence-electron chi connectivity index (χ3n) is 2.19. The molecule has 0 fully saturated rings. The highest BCUT2D eigenvalue weighted by atomic mass is 31.0. The van der Waals surface area contributed by atoms with Crippen molar-refractivity contribution in [1.29, 1.82) is 0 Å². The van der Waals surface area contributed by atoms with Crippen LogP contribution in [0.1, 0.15) is 5.56 Å². The summed E-state index contributed by atoms with van der Waals surface area (Å²) < 4.78 is 1.92. The van der Waals surface area contributed by atoms with Gasteiger partial charge in [0.1, 0.15) is 0 Å². The molecule has 0 radical (unpaired) electrons. The molecule has 2 rings (SSSR count). The third kappa shape index (κ3) is 1.51. The lowest BCUT2D eigenvalue weighted by Gasteiger charge is -1.94. The number of hydrogen-bond acceptors (Lipinski definition) is 1. The van der Waals surface area contributed by atoms with Gasteiger partial charge in [-0.1, -0.05) is 18.2 Å². The fraction of sp³-hybridized carbons (Fsp3) is 0.100. The van der Waals surface area contributed by atoms with E-state index in [1.165, 1.54) is 0 Å². The Bertz CT molecular complexity index is 490. The van der Waals surface area contributed by atoms with E-state index in [-0.39, 0.29) is 5.91 Å². The van der Waals surface area contributed by atoms with Crippen molar-refractivity contribution in [2.75, 3.05) is 0 Å². The number of aromatic nitrogens is 1. The van der Waals surface area contributed by atoms with E-state index in [4.69, 9.17) is 5.73 Å². The van der Waals surface area contributed by atoms with Gasteiger partial charge in [0.05, 0.1) is 11.9 Å². The van der Waals surface area contributed by atoms with Crippen LogP contribution in [0.25, 0.3) is 10.9 Å². The fourth-order valence-corrected chi connectivity index (χ4v) is 2.01. The van der Waals surface area contributed by atoms with Crippen LogP contribution in [0.2, 0.25) is 0 Å². The van der Waals surface area contributed by atoms with Gasteiger partial charge in [-0.05, 0) is 21.0 Å². The summed E-state index contributed by atoms with van der Waals surface area (Å²) in [6.45, 7) is 0. The van der Waals surface area contributed by atoms with E-state index < -0.39 is 0 Å². The number of nitrogens with two attached hydrogens (primary N) is 1. The van der Waals surface area contributed by atoms with Crippen molar-refractivity contribution in [1.82, 2.24) is 4.34 Å². The Balaban J connectivity index is 2.60. The molecule has 3 nitrogen and oxygen atoms in total. The Hall–Kier alpha value is -1.34. The van der Waals surface area contributed by atoms with Gasteiger partial charge >= 0.3 is 0 Å². The molecule has 1 unspecified atom stereocenters. The molecule has 0 saturated carbocycles. The number of carbonyl (C=O) groups is 1. The van der Waals surface area contributed by atoms with Gasteiger partial charge in [-0.25, -0.2) is 0 Å². The summed E-state index contributed by atoms with van der Waals surface area (Å²) in [5.74, 6) is -0.300. The van der Waals surface area contributed by atoms with Crippen LogP contribution in [0.4, 0.5) is 0 Å². The van der Waals surface area contributed by atoms with Crippen molar-refractivity contribution in [3.8, 4) is 0 Å². The molecule has 0 aliphatic heterocycles. The molecule has 1 aromatic heterocycles. The van der Waals surface area contributed by atoms with Gasteiger partial charge in [-0.3, -0.25) is 4.79 Å². The maximum atomic E-state index is 10.8. The van der Waals surface area contributed by atoms with Gasteiger partial charge < -0.3 is 10.1 Å². The summed E-state index contributed by atoms with van der Waals surface area (Å²) in [6, 6.07) is 7.93. The monoisotopic (exact) mass is 206 g/mol. The lowest BCUT2D eigenvalue weighted by atomic mass is 10.1. The minimum atomic E-state index is -0.300. The smallest absolute Gasteiger partial charge is 0.221 e. The predicted octanol–water partition coefficient (Wildman–Crippen LogP) is 1.31. The molecule has 1 atom stereocenters. The van der Waals surface area contributed by atoms with Crippen LogP contribution in [0.15, 0.2) is 30.5 Å². The van der Waals surface area contributed by atoms with Crippen molar-refractivity contribution in [3.63, 3.8) is 0 Å². The quantitative estimate of drug-likeness (QED) is 0.740. The van der Waals surface area contributed by atoms with Crippen LogP contribution >= 0.6 is 9.39 Å². The van der Waals surface area contributed by atoms with Gasteiger partial charge in [0.15, 0.2) is 0 Å². The molecule has 0 spiro atoms. The van der Waals surface area contributed by atoms with Crippen LogP contribution in [-0.4, -0.2) is 10.2 Å². The number of primary amides is 1. The van der Waals surface area contributed by atoms with Crippen molar-refractivity contribution in [2.24, 2.45) is 5.73 Å². The normalized spacial score (nSPS) is 10.6. The lowest BCUT2D eigenvalue weighted by molar-refractivity contribution is -0.117. The molecule has 14 heavy (non-hydrogen) atoms. The Morgan fingerprint density at radius 3 is 2.86 bits per heavy atom. The molecule has 1 heterocycles. The van der Waals surface area contributed by atoms with E-state index in [0.717, 1.165) is 16.5 Å². The van der Waals surface area contributed by atoms with Gasteiger partial charge in [0, 0.05) is 11.6 Å². The second kappa shape index (κ2) is 3.43. The van der Waals surface area contributed by atoms with Crippen LogP contribution in [0, 0.1) is 0 Å². The highest BCUT2D eigenvalue weighted by molar-refractivity contribution is 7.14. The van der Waals surface area contributed by atoms with E-state index in [1.54, 1.807) is 0 Å². The number of rotatable bonds is 2. The van der Waals surface area contributed by atoms with Crippen molar-refractivity contribution in [2.45, 2.75) is 6.42 Å². The number of benzene rings is 1. The molecule has 4 heteroatoms. The maximum Gasteiger partial charge on any atom is 0.221 e. The summed E-state index contributed by atoms with van der Waals surface area (Å²) in [7, 11) is 2.59. The Labute approximate surface area is 84.1 Å². The Morgan fingerprint density at radius 1 is 1.43 bits per heavy atom. The molecule has 1 aromatic carbocycles. The standard InChI is InChI=1S/C10H11N2OP/c11-10(13)5-7-6-12(14)9-4-2-1-3-8(7)9/h1-4,6H,5,14H2,(H2,11,13). The molecule has 1 amide bonds. The second-order valence-corrected chi connectivity index (χ2v) is 3.78. The summed E-state index contributed by atoms with van der Waals surface area (Å²) in [5.41, 5.74) is 7.24. The number of carbonyl (C=O) groups excluding carboxylic acids is 1. The molecular formula is C10H11N2OP. The number of hydrogen-bond donors (Lipinski definition) is 1. The number of fused-ring (bicyclic) bond motifs is 1. The van der Waals surface area contributed by atoms with Crippen molar-refractivity contribution < 1.29 is 4.79 Å². The average Bonchev–Trinajstić information content (AvgIpc) is 2.44. The van der Waals surface area contributed by atoms with Gasteiger partial charge in [-0.15, -0.1) is 0 Å². The summed E-state index contributed by atoms with van der Waals surface area (Å²) >= 11 is 0. The van der Waals surface area contributed by atoms with Gasteiger partial charge in [-0.2, -0.15) is 0 Å². The molecule has 2 N–H and O–H groups in total. The SMILES string of the molecule is NC(=O)Cc1cn(P)c2ccccc12. The van der Waals surface area contributed by atoms with E-state index in [9.17, 15) is 4.79 Å². The predicted molar refractivity (Wildman–Crippen MR) is 59.9 cm³/mol. The van der Waals surface area contributed by atoms with Crippen LogP contribution in [0.3, 0.4) is 0 Å². The van der Waals surface area contributed by atoms with Crippen molar-refractivity contribution in [3.05, 3.63) is 36.0 Å². The first kappa shape index (κ1) is 9.22. The summed E-state index contributed by atoms with van der Waals surface area (Å²) in [4.78, 5) is 10.8. The van der Waals surface area contributed by atoms with E-state index in [2.05, 4.69) is 9.39 Å². The zero-order valence-corrected chi connectivity index (χ0v) is 8.76. The average molecular weight is 206 g/mol. The first-order valence-corrected chi connectivity index (χ1v) is 4.82. The second-order valence-electron chi connectivity index (χ2n) is 3.22. The Kier molecular flexibility index (Phi) is 2.26. The van der Waals surface area contributed by atoms with E-state index in [0.29, 0.717) is 6.42 Å². The van der Waals surface area contributed by atoms with Crippen LogP contribution in [0.5, 0.6) is 0 Å². The summed E-state index contributed by atoms with van der Waals surface area (Å²) in [6.07, 6.45) is 2.21. The first-order valence-electron chi connectivity index (χ1n) is 4.31. The summed E-state index contributed by atoms with van der Waals surface area (Å²) in [5, 5.41) is 1.08. The zero-order chi connectivity index (χ0) is 10.1. The maximum absolute atomic E-state index is 10.8. The highest BCUT2D eigenvalue weighted by Gasteiger charge is 2.07. The fourth-order valence-electron chi connectivity index (χ4n) is 1.61. The van der Waals surface area contributed by atoms with Crippen molar-refractivity contribution >= 4 is 26.2 Å². The molecule has 0 aliphatic carbocycles. The molecule has 0 aliphatic rings. The minimum absolute atomic E-state index is 0.294. The molecule has 0 saturated heterocycles. The molecular weight excluding hydrogens is 195 g/mol. The zero-order valence-electron chi connectivity index (χ0n) is 7.60.